The summed E-state index contributed by atoms with van der Waals surface area (Å²) in [5.41, 5.74) is 5.45. The Morgan fingerprint density at radius 1 is 1.21 bits per heavy atom. The topological polar surface area (TPSA) is 58.2 Å². The molecule has 0 unspecified atom stereocenters. The molecule has 0 radical (unpaired) electrons. The van der Waals surface area contributed by atoms with E-state index < -0.39 is 0 Å². The van der Waals surface area contributed by atoms with Crippen molar-refractivity contribution in [2.24, 2.45) is 0 Å². The molecule has 2 aromatic heterocycles. The number of para-hydroxylation sites is 2. The van der Waals surface area contributed by atoms with Crippen molar-refractivity contribution in [2.45, 2.75) is 20.0 Å². The first-order valence-corrected chi connectivity index (χ1v) is 11.9. The second-order valence-electron chi connectivity index (χ2n) is 8.03. The van der Waals surface area contributed by atoms with Gasteiger partial charge in [0, 0.05) is 52.8 Å². The lowest BCUT2D eigenvalue weighted by atomic mass is 9.99. The number of thiazole rings is 1. The minimum atomic E-state index is 0.00848. The van der Waals surface area contributed by atoms with Crippen LogP contribution in [-0.4, -0.2) is 33.9 Å². The smallest absolute Gasteiger partial charge is 0.246 e. The molecule has 5 nitrogen and oxygen atoms in total. The van der Waals surface area contributed by atoms with Crippen LogP contribution < -0.4 is 4.74 Å². The third-order valence-electron chi connectivity index (χ3n) is 5.82. The summed E-state index contributed by atoms with van der Waals surface area (Å²) < 4.78 is 5.96. The highest BCUT2D eigenvalue weighted by atomic mass is 32.1. The molecule has 0 atom stereocenters. The number of aromatic amines is 1. The molecule has 1 aliphatic heterocycles. The van der Waals surface area contributed by atoms with Crippen LogP contribution in [-0.2, 0) is 11.4 Å². The predicted molar refractivity (Wildman–Crippen MR) is 134 cm³/mol. The molecule has 0 aliphatic carbocycles. The molecule has 0 fully saturated rings. The number of H-pyrrole nitrogens is 1. The summed E-state index contributed by atoms with van der Waals surface area (Å²) in [5.74, 6) is 0.751. The van der Waals surface area contributed by atoms with Crippen molar-refractivity contribution in [1.82, 2.24) is 14.9 Å². The van der Waals surface area contributed by atoms with Crippen LogP contribution in [0.4, 0.5) is 0 Å². The SMILES string of the molecule is Cc1nc(COc2ccccc2/C=C/C(=O)N2CC=C(c3c[nH]c4ccccc34)CC2)cs1. The largest absolute Gasteiger partial charge is 0.487 e. The van der Waals surface area contributed by atoms with Crippen molar-refractivity contribution in [3.05, 3.63) is 94.1 Å². The quantitative estimate of drug-likeness (QED) is 0.372. The number of hydrogen-bond acceptors (Lipinski definition) is 4. The number of carbonyl (C=O) groups is 1. The Bertz CT molecular complexity index is 1350. The standard InChI is InChI=1S/C27H25N3O2S/c1-19-29-22(18-33-19)17-32-26-9-5-2-6-21(26)10-11-27(31)30-14-12-20(13-15-30)24-16-28-25-8-4-3-7-23(24)25/h2-12,16,18,28H,13-15,17H2,1H3/b11-10+. The van der Waals surface area contributed by atoms with Gasteiger partial charge in [0.05, 0.1) is 10.7 Å². The van der Waals surface area contributed by atoms with Gasteiger partial charge in [-0.05, 0) is 37.1 Å². The first-order chi connectivity index (χ1) is 16.2. The van der Waals surface area contributed by atoms with E-state index in [1.54, 1.807) is 17.4 Å². The highest BCUT2D eigenvalue weighted by molar-refractivity contribution is 7.09. The Morgan fingerprint density at radius 3 is 2.88 bits per heavy atom. The second-order valence-corrected chi connectivity index (χ2v) is 9.09. The fourth-order valence-electron chi connectivity index (χ4n) is 4.09. The van der Waals surface area contributed by atoms with Crippen LogP contribution in [0.2, 0.25) is 0 Å². The molecular weight excluding hydrogens is 430 g/mol. The van der Waals surface area contributed by atoms with Crippen LogP contribution >= 0.6 is 11.3 Å². The van der Waals surface area contributed by atoms with E-state index in [-0.39, 0.29) is 5.91 Å². The van der Waals surface area contributed by atoms with Gasteiger partial charge in [0.2, 0.25) is 5.91 Å². The monoisotopic (exact) mass is 455 g/mol. The van der Waals surface area contributed by atoms with E-state index in [0.29, 0.717) is 19.7 Å². The molecule has 5 rings (SSSR count). The lowest BCUT2D eigenvalue weighted by Gasteiger charge is -2.25. The zero-order chi connectivity index (χ0) is 22.6. The number of nitrogens with one attached hydrogen (secondary N) is 1. The molecule has 2 aromatic carbocycles. The lowest BCUT2D eigenvalue weighted by molar-refractivity contribution is -0.125. The number of rotatable bonds is 6. The zero-order valence-electron chi connectivity index (χ0n) is 18.5. The third-order valence-corrected chi connectivity index (χ3v) is 6.64. The van der Waals surface area contributed by atoms with Crippen LogP contribution in [0.15, 0.2) is 72.3 Å². The molecule has 1 N–H and O–H groups in total. The Hall–Kier alpha value is -3.64. The molecule has 166 valence electrons. The first-order valence-electron chi connectivity index (χ1n) is 11.0. The molecule has 0 bridgehead atoms. The van der Waals surface area contributed by atoms with Gasteiger partial charge in [-0.25, -0.2) is 4.98 Å². The molecule has 0 spiro atoms. The molecule has 6 heteroatoms. The Labute approximate surface area is 197 Å². The van der Waals surface area contributed by atoms with Crippen LogP contribution in [0.1, 0.15) is 28.2 Å². The van der Waals surface area contributed by atoms with E-state index in [4.69, 9.17) is 4.74 Å². The number of nitrogens with zero attached hydrogens (tertiary/aromatic N) is 2. The van der Waals surface area contributed by atoms with Gasteiger partial charge in [-0.1, -0.05) is 42.5 Å². The Morgan fingerprint density at radius 2 is 2.06 bits per heavy atom. The van der Waals surface area contributed by atoms with Crippen molar-refractivity contribution in [3.63, 3.8) is 0 Å². The summed E-state index contributed by atoms with van der Waals surface area (Å²) >= 11 is 1.61. The van der Waals surface area contributed by atoms with Crippen molar-refractivity contribution in [1.29, 1.82) is 0 Å². The fourth-order valence-corrected chi connectivity index (χ4v) is 4.69. The lowest BCUT2D eigenvalue weighted by Crippen LogP contribution is -2.33. The van der Waals surface area contributed by atoms with Gasteiger partial charge in [0.25, 0.3) is 0 Å². The van der Waals surface area contributed by atoms with Crippen molar-refractivity contribution >= 4 is 39.8 Å². The van der Waals surface area contributed by atoms with Crippen LogP contribution in [0.5, 0.6) is 5.75 Å². The second kappa shape index (κ2) is 9.46. The molecule has 1 amide bonds. The number of aryl methyl sites for hydroxylation is 1. The number of ether oxygens (including phenoxy) is 1. The normalized spacial score (nSPS) is 14.1. The number of carbonyl (C=O) groups excluding carboxylic acids is 1. The molecular formula is C27H25N3O2S. The maximum Gasteiger partial charge on any atom is 0.246 e. The van der Waals surface area contributed by atoms with Gasteiger partial charge < -0.3 is 14.6 Å². The highest BCUT2D eigenvalue weighted by Crippen LogP contribution is 2.29. The van der Waals surface area contributed by atoms with Crippen molar-refractivity contribution in [3.8, 4) is 5.75 Å². The summed E-state index contributed by atoms with van der Waals surface area (Å²) in [6.45, 7) is 3.71. The Kier molecular flexibility index (Phi) is 6.09. The van der Waals surface area contributed by atoms with Gasteiger partial charge in [-0.2, -0.15) is 0 Å². The minimum Gasteiger partial charge on any atom is -0.487 e. The van der Waals surface area contributed by atoms with Crippen LogP contribution in [0.3, 0.4) is 0 Å². The van der Waals surface area contributed by atoms with Gasteiger partial charge >= 0.3 is 0 Å². The van der Waals surface area contributed by atoms with Crippen LogP contribution in [0, 0.1) is 6.92 Å². The molecule has 0 saturated heterocycles. The van der Waals surface area contributed by atoms with Gasteiger partial charge in [0.15, 0.2) is 0 Å². The number of fused-ring (bicyclic) bond motifs is 1. The minimum absolute atomic E-state index is 0.00848. The van der Waals surface area contributed by atoms with Crippen molar-refractivity contribution < 1.29 is 9.53 Å². The van der Waals surface area contributed by atoms with E-state index in [9.17, 15) is 4.79 Å². The molecule has 0 saturated carbocycles. The highest BCUT2D eigenvalue weighted by Gasteiger charge is 2.18. The molecule has 4 aromatic rings. The summed E-state index contributed by atoms with van der Waals surface area (Å²) in [6.07, 6.45) is 8.55. The molecule has 3 heterocycles. The number of hydrogen-bond donors (Lipinski definition) is 1. The van der Waals surface area contributed by atoms with E-state index in [2.05, 4.69) is 40.4 Å². The zero-order valence-corrected chi connectivity index (χ0v) is 19.3. The summed E-state index contributed by atoms with van der Waals surface area (Å²) in [7, 11) is 0. The molecule has 1 aliphatic rings. The maximum absolute atomic E-state index is 12.8. The van der Waals surface area contributed by atoms with Gasteiger partial charge in [-0.3, -0.25) is 4.79 Å². The summed E-state index contributed by atoms with van der Waals surface area (Å²) in [6, 6.07) is 16.1. The van der Waals surface area contributed by atoms with Crippen molar-refractivity contribution in [2.75, 3.05) is 13.1 Å². The first kappa shape index (κ1) is 21.2. The number of amides is 1. The van der Waals surface area contributed by atoms with Crippen LogP contribution in [0.25, 0.3) is 22.6 Å². The number of benzene rings is 2. The number of aromatic nitrogens is 2. The van der Waals surface area contributed by atoms with Gasteiger partial charge in [0.1, 0.15) is 12.4 Å². The fraction of sp³-hybridized carbons (Fsp3) is 0.185. The van der Waals surface area contributed by atoms with E-state index >= 15 is 0 Å². The van der Waals surface area contributed by atoms with E-state index in [0.717, 1.165) is 34.0 Å². The van der Waals surface area contributed by atoms with E-state index in [1.807, 2.05) is 53.6 Å². The maximum atomic E-state index is 12.8. The average molecular weight is 456 g/mol. The third kappa shape index (κ3) is 4.76. The molecule has 33 heavy (non-hydrogen) atoms. The van der Waals surface area contributed by atoms with E-state index in [1.165, 1.54) is 16.5 Å². The average Bonchev–Trinajstić information content (AvgIpc) is 3.48. The predicted octanol–water partition coefficient (Wildman–Crippen LogP) is 5.84. The Balaban J connectivity index is 1.24. The summed E-state index contributed by atoms with van der Waals surface area (Å²) in [5, 5.41) is 4.26. The van der Waals surface area contributed by atoms with Gasteiger partial charge in [-0.15, -0.1) is 11.3 Å². The summed E-state index contributed by atoms with van der Waals surface area (Å²) in [4.78, 5) is 22.5.